The van der Waals surface area contributed by atoms with Crippen LogP contribution in [0.3, 0.4) is 0 Å². The van der Waals surface area contributed by atoms with E-state index in [9.17, 15) is 10.2 Å². The maximum absolute atomic E-state index is 10.1. The average Bonchev–Trinajstić information content (AvgIpc) is 2.99. The maximum Gasteiger partial charge on any atom is 0.116 e. The van der Waals surface area contributed by atoms with E-state index in [0.29, 0.717) is 0 Å². The molecule has 4 aromatic rings. The predicted molar refractivity (Wildman–Crippen MR) is 107 cm³/mol. The van der Waals surface area contributed by atoms with E-state index in [1.807, 2.05) is 24.3 Å². The Hall–Kier alpha value is -3.52. The first-order chi connectivity index (χ1) is 13.2. The van der Waals surface area contributed by atoms with E-state index in [0.717, 1.165) is 33.4 Å². The zero-order chi connectivity index (χ0) is 18.4. The fourth-order valence-corrected chi connectivity index (χ4v) is 4.47. The lowest BCUT2D eigenvalue weighted by molar-refractivity contribution is 0.474. The molecule has 0 heterocycles. The van der Waals surface area contributed by atoms with Gasteiger partial charge in [0.1, 0.15) is 11.5 Å². The molecular formula is C25H18O2. The first-order valence-electron chi connectivity index (χ1n) is 8.99. The number of fused-ring (bicyclic) bond motifs is 3. The van der Waals surface area contributed by atoms with Crippen LogP contribution in [0.15, 0.2) is 97.1 Å². The predicted octanol–water partition coefficient (Wildman–Crippen LogP) is 5.46. The molecule has 0 saturated heterocycles. The standard InChI is InChI=1S/C25H18O2/c26-19-11-13-23-21(15-19)22-16-20(27)12-14-24(22)25(23,17-7-3-1-4-8-17)18-9-5-2-6-10-18/h1-16,26-27H. The van der Waals surface area contributed by atoms with Crippen molar-refractivity contribution in [1.82, 2.24) is 0 Å². The lowest BCUT2D eigenvalue weighted by atomic mass is 9.68. The third-order valence-corrected chi connectivity index (χ3v) is 5.52. The Balaban J connectivity index is 1.98. The number of benzene rings is 4. The summed E-state index contributed by atoms with van der Waals surface area (Å²) in [6.07, 6.45) is 0. The van der Waals surface area contributed by atoms with Crippen LogP contribution in [-0.4, -0.2) is 10.2 Å². The molecule has 130 valence electrons. The summed E-state index contributed by atoms with van der Waals surface area (Å²) in [6.45, 7) is 0. The summed E-state index contributed by atoms with van der Waals surface area (Å²) < 4.78 is 0. The van der Waals surface area contributed by atoms with Crippen molar-refractivity contribution in [3.63, 3.8) is 0 Å². The zero-order valence-electron chi connectivity index (χ0n) is 14.6. The van der Waals surface area contributed by atoms with Crippen molar-refractivity contribution in [2.24, 2.45) is 0 Å². The van der Waals surface area contributed by atoms with Gasteiger partial charge in [-0.2, -0.15) is 0 Å². The van der Waals surface area contributed by atoms with Gasteiger partial charge in [-0.25, -0.2) is 0 Å². The van der Waals surface area contributed by atoms with Crippen LogP contribution < -0.4 is 0 Å². The Labute approximate surface area is 158 Å². The van der Waals surface area contributed by atoms with Gasteiger partial charge in [-0.15, -0.1) is 0 Å². The maximum atomic E-state index is 10.1. The van der Waals surface area contributed by atoms with Gasteiger partial charge >= 0.3 is 0 Å². The highest BCUT2D eigenvalue weighted by atomic mass is 16.3. The average molecular weight is 350 g/mol. The number of phenols is 2. The quantitative estimate of drug-likeness (QED) is 0.444. The molecule has 0 unspecified atom stereocenters. The minimum Gasteiger partial charge on any atom is -0.508 e. The highest BCUT2D eigenvalue weighted by molar-refractivity contribution is 5.87. The van der Waals surface area contributed by atoms with E-state index in [-0.39, 0.29) is 11.5 Å². The smallest absolute Gasteiger partial charge is 0.116 e. The third kappa shape index (κ3) is 2.13. The largest absolute Gasteiger partial charge is 0.508 e. The second kappa shape index (κ2) is 5.75. The molecule has 0 atom stereocenters. The van der Waals surface area contributed by atoms with Gasteiger partial charge < -0.3 is 10.2 Å². The third-order valence-electron chi connectivity index (χ3n) is 5.52. The van der Waals surface area contributed by atoms with Crippen molar-refractivity contribution >= 4 is 0 Å². The zero-order valence-corrected chi connectivity index (χ0v) is 14.6. The number of aromatic hydroxyl groups is 2. The lowest BCUT2D eigenvalue weighted by Gasteiger charge is -2.33. The van der Waals surface area contributed by atoms with Gasteiger partial charge in [-0.1, -0.05) is 72.8 Å². The van der Waals surface area contributed by atoms with Crippen molar-refractivity contribution in [3.05, 3.63) is 119 Å². The van der Waals surface area contributed by atoms with Crippen LogP contribution in [0.1, 0.15) is 22.3 Å². The van der Waals surface area contributed by atoms with E-state index < -0.39 is 5.41 Å². The molecule has 0 aromatic heterocycles. The summed E-state index contributed by atoms with van der Waals surface area (Å²) >= 11 is 0. The molecule has 5 rings (SSSR count). The first kappa shape index (κ1) is 15.7. The molecule has 2 N–H and O–H groups in total. The Morgan fingerprint density at radius 3 is 1.30 bits per heavy atom. The normalized spacial score (nSPS) is 13.8. The van der Waals surface area contributed by atoms with Crippen LogP contribution in [-0.2, 0) is 5.41 Å². The van der Waals surface area contributed by atoms with Gasteiger partial charge in [0.15, 0.2) is 0 Å². The van der Waals surface area contributed by atoms with Crippen molar-refractivity contribution in [2.75, 3.05) is 0 Å². The van der Waals surface area contributed by atoms with E-state index in [1.165, 1.54) is 0 Å². The molecule has 4 aromatic carbocycles. The van der Waals surface area contributed by atoms with Crippen molar-refractivity contribution < 1.29 is 10.2 Å². The van der Waals surface area contributed by atoms with Crippen molar-refractivity contribution in [1.29, 1.82) is 0 Å². The number of hydrogen-bond acceptors (Lipinski definition) is 2. The lowest BCUT2D eigenvalue weighted by Crippen LogP contribution is -2.28. The molecule has 2 heteroatoms. The van der Waals surface area contributed by atoms with Crippen LogP contribution >= 0.6 is 0 Å². The van der Waals surface area contributed by atoms with Gasteiger partial charge in [0, 0.05) is 0 Å². The molecule has 0 spiro atoms. The molecule has 0 radical (unpaired) electrons. The highest BCUT2D eigenvalue weighted by Crippen LogP contribution is 2.57. The molecular weight excluding hydrogens is 332 g/mol. The fraction of sp³-hybridized carbons (Fsp3) is 0.0400. The van der Waals surface area contributed by atoms with Crippen LogP contribution in [0.4, 0.5) is 0 Å². The molecule has 0 amide bonds. The summed E-state index contributed by atoms with van der Waals surface area (Å²) in [5.41, 5.74) is 5.95. The second-order valence-corrected chi connectivity index (χ2v) is 6.94. The molecule has 0 saturated carbocycles. The van der Waals surface area contributed by atoms with Crippen LogP contribution in [0.5, 0.6) is 11.5 Å². The fourth-order valence-electron chi connectivity index (χ4n) is 4.47. The molecule has 1 aliphatic rings. The summed E-state index contributed by atoms with van der Waals surface area (Å²) in [7, 11) is 0. The monoisotopic (exact) mass is 350 g/mol. The Morgan fingerprint density at radius 1 is 0.481 bits per heavy atom. The van der Waals surface area contributed by atoms with Crippen molar-refractivity contribution in [3.8, 4) is 22.6 Å². The summed E-state index contributed by atoms with van der Waals surface area (Å²) in [5.74, 6) is 0.444. The Morgan fingerprint density at radius 2 is 0.889 bits per heavy atom. The molecule has 27 heavy (non-hydrogen) atoms. The molecule has 2 nitrogen and oxygen atoms in total. The number of rotatable bonds is 2. The van der Waals surface area contributed by atoms with Gasteiger partial charge in [0.2, 0.25) is 0 Å². The van der Waals surface area contributed by atoms with E-state index in [1.54, 1.807) is 24.3 Å². The van der Waals surface area contributed by atoms with Crippen LogP contribution in [0.25, 0.3) is 11.1 Å². The van der Waals surface area contributed by atoms with Gasteiger partial charge in [-0.3, -0.25) is 0 Å². The van der Waals surface area contributed by atoms with Crippen LogP contribution in [0.2, 0.25) is 0 Å². The highest BCUT2D eigenvalue weighted by Gasteiger charge is 2.46. The minimum atomic E-state index is -0.491. The number of phenolic OH excluding ortho intramolecular Hbond substituents is 2. The van der Waals surface area contributed by atoms with Crippen molar-refractivity contribution in [2.45, 2.75) is 5.41 Å². The summed E-state index contributed by atoms with van der Waals surface area (Å²) in [5, 5.41) is 20.3. The molecule has 0 fully saturated rings. The number of hydrogen-bond donors (Lipinski definition) is 2. The minimum absolute atomic E-state index is 0.222. The van der Waals surface area contributed by atoms with E-state index in [2.05, 4.69) is 48.5 Å². The SMILES string of the molecule is Oc1ccc2c(c1)-c1cc(O)ccc1C2(c1ccccc1)c1ccccc1. The second-order valence-electron chi connectivity index (χ2n) is 6.94. The Bertz CT molecular complexity index is 1040. The van der Waals surface area contributed by atoms with E-state index in [4.69, 9.17) is 0 Å². The van der Waals surface area contributed by atoms with Gasteiger partial charge in [0.25, 0.3) is 0 Å². The molecule has 0 aliphatic heterocycles. The molecule has 0 bridgehead atoms. The Kier molecular flexibility index (Phi) is 3.34. The van der Waals surface area contributed by atoms with Crippen LogP contribution in [0, 0.1) is 0 Å². The van der Waals surface area contributed by atoms with Gasteiger partial charge in [-0.05, 0) is 57.6 Å². The topological polar surface area (TPSA) is 40.5 Å². The summed E-state index contributed by atoms with van der Waals surface area (Å²) in [6, 6.07) is 31.9. The molecule has 1 aliphatic carbocycles. The van der Waals surface area contributed by atoms with Gasteiger partial charge in [0.05, 0.1) is 5.41 Å². The van der Waals surface area contributed by atoms with E-state index >= 15 is 0 Å². The summed E-state index contributed by atoms with van der Waals surface area (Å²) in [4.78, 5) is 0. The first-order valence-corrected chi connectivity index (χ1v) is 8.99.